The molecule has 1 fully saturated rings. The van der Waals surface area contributed by atoms with Crippen molar-refractivity contribution in [1.29, 1.82) is 0 Å². The molecule has 1 unspecified atom stereocenters. The lowest BCUT2D eigenvalue weighted by atomic mass is 9.88. The molecule has 1 aliphatic heterocycles. The molecule has 0 N–H and O–H groups in total. The number of anilines is 1. The minimum Gasteiger partial charge on any atom is -0.356 e. The molecule has 0 saturated carbocycles. The molecule has 2 nitrogen and oxygen atoms in total. The number of pyridine rings is 1. The first-order valence-electron chi connectivity index (χ1n) is 6.78. The summed E-state index contributed by atoms with van der Waals surface area (Å²) >= 11 is 5.97. The summed E-state index contributed by atoms with van der Waals surface area (Å²) in [4.78, 5) is 6.98. The Hall–Kier alpha value is -0.760. The summed E-state index contributed by atoms with van der Waals surface area (Å²) in [6.45, 7) is 8.80. The summed E-state index contributed by atoms with van der Waals surface area (Å²) in [5.74, 6) is 2.47. The Morgan fingerprint density at radius 1 is 1.39 bits per heavy atom. The third-order valence-corrected chi connectivity index (χ3v) is 4.11. The Balaban J connectivity index is 2.09. The van der Waals surface area contributed by atoms with Crippen molar-refractivity contribution < 1.29 is 0 Å². The molecule has 1 saturated heterocycles. The lowest BCUT2D eigenvalue weighted by Crippen LogP contribution is -2.36. The first-order chi connectivity index (χ1) is 8.50. The predicted octanol–water partition coefficient (Wildman–Crippen LogP) is 3.83. The Bertz CT molecular complexity index is 380. The highest BCUT2D eigenvalue weighted by Gasteiger charge is 2.21. The Morgan fingerprint density at radius 3 is 2.72 bits per heavy atom. The number of alkyl halides is 1. The van der Waals surface area contributed by atoms with Gasteiger partial charge < -0.3 is 4.90 Å². The van der Waals surface area contributed by atoms with Crippen LogP contribution in [0.15, 0.2) is 18.3 Å². The molecule has 0 aliphatic carbocycles. The van der Waals surface area contributed by atoms with Crippen LogP contribution in [-0.2, 0) is 5.41 Å². The Morgan fingerprint density at radius 2 is 2.17 bits per heavy atom. The van der Waals surface area contributed by atoms with Crippen LogP contribution in [0.4, 0.5) is 5.82 Å². The molecular weight excluding hydrogens is 244 g/mol. The summed E-state index contributed by atoms with van der Waals surface area (Å²) < 4.78 is 0. The second-order valence-electron chi connectivity index (χ2n) is 6.26. The van der Waals surface area contributed by atoms with Crippen LogP contribution in [0.25, 0.3) is 0 Å². The fraction of sp³-hybridized carbons (Fsp3) is 0.667. The van der Waals surface area contributed by atoms with Gasteiger partial charge in [0.2, 0.25) is 0 Å². The first kappa shape index (κ1) is 13.7. The van der Waals surface area contributed by atoms with E-state index < -0.39 is 0 Å². The maximum atomic E-state index is 5.97. The fourth-order valence-electron chi connectivity index (χ4n) is 2.42. The number of rotatable bonds is 2. The summed E-state index contributed by atoms with van der Waals surface area (Å²) in [6, 6.07) is 4.35. The number of piperidine rings is 1. The summed E-state index contributed by atoms with van der Waals surface area (Å²) in [7, 11) is 0. The van der Waals surface area contributed by atoms with E-state index in [0.29, 0.717) is 5.92 Å². The van der Waals surface area contributed by atoms with Gasteiger partial charge in [0, 0.05) is 25.2 Å². The number of halogens is 1. The average Bonchev–Trinajstić information content (AvgIpc) is 2.38. The van der Waals surface area contributed by atoms with Gasteiger partial charge in [-0.2, -0.15) is 0 Å². The average molecular weight is 267 g/mol. The fourth-order valence-corrected chi connectivity index (χ4v) is 2.67. The van der Waals surface area contributed by atoms with Crippen LogP contribution in [0.5, 0.6) is 0 Å². The molecule has 1 aliphatic rings. The van der Waals surface area contributed by atoms with E-state index in [-0.39, 0.29) is 5.41 Å². The van der Waals surface area contributed by atoms with E-state index in [1.54, 1.807) is 0 Å². The molecule has 0 amide bonds. The summed E-state index contributed by atoms with van der Waals surface area (Å²) in [5.41, 5.74) is 1.46. The van der Waals surface area contributed by atoms with Gasteiger partial charge in [0.25, 0.3) is 0 Å². The van der Waals surface area contributed by atoms with Gasteiger partial charge in [-0.1, -0.05) is 26.8 Å². The molecule has 0 bridgehead atoms. The van der Waals surface area contributed by atoms with E-state index in [9.17, 15) is 0 Å². The smallest absolute Gasteiger partial charge is 0.128 e. The monoisotopic (exact) mass is 266 g/mol. The van der Waals surface area contributed by atoms with Gasteiger partial charge in [-0.3, -0.25) is 0 Å². The van der Waals surface area contributed by atoms with Crippen molar-refractivity contribution >= 4 is 17.4 Å². The number of nitrogens with zero attached hydrogens (tertiary/aromatic N) is 2. The summed E-state index contributed by atoms with van der Waals surface area (Å²) in [5, 5.41) is 0. The minimum atomic E-state index is 0.173. The van der Waals surface area contributed by atoms with Gasteiger partial charge in [-0.25, -0.2) is 4.98 Å². The van der Waals surface area contributed by atoms with Gasteiger partial charge in [0.15, 0.2) is 0 Å². The van der Waals surface area contributed by atoms with Crippen LogP contribution in [0, 0.1) is 5.92 Å². The van der Waals surface area contributed by atoms with Gasteiger partial charge in [-0.15, -0.1) is 11.6 Å². The van der Waals surface area contributed by atoms with Crippen LogP contribution in [0.2, 0.25) is 0 Å². The Labute approximate surface area is 115 Å². The van der Waals surface area contributed by atoms with Crippen LogP contribution in [0.1, 0.15) is 39.2 Å². The highest BCUT2D eigenvalue weighted by molar-refractivity contribution is 6.18. The van der Waals surface area contributed by atoms with Gasteiger partial charge in [0.05, 0.1) is 0 Å². The minimum absolute atomic E-state index is 0.173. The largest absolute Gasteiger partial charge is 0.356 e. The van der Waals surface area contributed by atoms with E-state index >= 15 is 0 Å². The molecule has 0 spiro atoms. The second-order valence-corrected chi connectivity index (χ2v) is 6.57. The molecule has 1 atom stereocenters. The van der Waals surface area contributed by atoms with E-state index in [0.717, 1.165) is 24.8 Å². The SMILES string of the molecule is CC(C)(C)c1ccc(N2CCCC(CCl)C2)nc1. The van der Waals surface area contributed by atoms with Gasteiger partial charge in [-0.05, 0) is 35.8 Å². The maximum Gasteiger partial charge on any atom is 0.128 e. The molecule has 2 heterocycles. The zero-order valence-electron chi connectivity index (χ0n) is 11.6. The number of hydrogen-bond donors (Lipinski definition) is 0. The zero-order valence-corrected chi connectivity index (χ0v) is 12.4. The van der Waals surface area contributed by atoms with Crippen molar-refractivity contribution in [2.24, 2.45) is 5.92 Å². The third-order valence-electron chi connectivity index (χ3n) is 3.68. The van der Waals surface area contributed by atoms with Crippen molar-refractivity contribution in [2.75, 3.05) is 23.9 Å². The molecule has 1 aromatic rings. The molecule has 0 radical (unpaired) electrons. The van der Waals surface area contributed by atoms with Crippen molar-refractivity contribution in [3.8, 4) is 0 Å². The molecule has 1 aromatic heterocycles. The highest BCUT2D eigenvalue weighted by Crippen LogP contribution is 2.25. The van der Waals surface area contributed by atoms with Crippen LogP contribution in [0.3, 0.4) is 0 Å². The Kier molecular flexibility index (Phi) is 4.16. The van der Waals surface area contributed by atoms with Crippen molar-refractivity contribution in [2.45, 2.75) is 39.0 Å². The second kappa shape index (κ2) is 5.48. The van der Waals surface area contributed by atoms with Crippen molar-refractivity contribution in [1.82, 2.24) is 4.98 Å². The number of aromatic nitrogens is 1. The predicted molar refractivity (Wildman–Crippen MR) is 78.6 cm³/mol. The standard InChI is InChI=1S/C15H23ClN2/c1-15(2,3)13-6-7-14(17-10-13)18-8-4-5-12(9-16)11-18/h6-7,10,12H,4-5,8-9,11H2,1-3H3. The van der Waals surface area contributed by atoms with E-state index in [2.05, 4.69) is 42.8 Å². The van der Waals surface area contributed by atoms with Crippen molar-refractivity contribution in [3.63, 3.8) is 0 Å². The van der Waals surface area contributed by atoms with E-state index in [1.165, 1.54) is 18.4 Å². The van der Waals surface area contributed by atoms with Crippen LogP contribution in [-0.4, -0.2) is 24.0 Å². The quantitative estimate of drug-likeness (QED) is 0.757. The molecular formula is C15H23ClN2. The van der Waals surface area contributed by atoms with E-state index in [4.69, 9.17) is 11.6 Å². The highest BCUT2D eigenvalue weighted by atomic mass is 35.5. The molecule has 100 valence electrons. The third kappa shape index (κ3) is 3.17. The van der Waals surface area contributed by atoms with Crippen LogP contribution < -0.4 is 4.90 Å². The molecule has 18 heavy (non-hydrogen) atoms. The van der Waals surface area contributed by atoms with Gasteiger partial charge >= 0.3 is 0 Å². The summed E-state index contributed by atoms with van der Waals surface area (Å²) in [6.07, 6.45) is 4.49. The van der Waals surface area contributed by atoms with Crippen LogP contribution >= 0.6 is 11.6 Å². The zero-order chi connectivity index (χ0) is 13.2. The molecule has 0 aromatic carbocycles. The normalized spacial score (nSPS) is 21.1. The molecule has 2 rings (SSSR count). The van der Waals surface area contributed by atoms with E-state index in [1.807, 2.05) is 6.20 Å². The molecule has 3 heteroatoms. The number of hydrogen-bond acceptors (Lipinski definition) is 2. The van der Waals surface area contributed by atoms with Crippen molar-refractivity contribution in [3.05, 3.63) is 23.9 Å². The maximum absolute atomic E-state index is 5.97. The first-order valence-corrected chi connectivity index (χ1v) is 7.31. The lowest BCUT2D eigenvalue weighted by Gasteiger charge is -2.33. The van der Waals surface area contributed by atoms with Gasteiger partial charge in [0.1, 0.15) is 5.82 Å². The topological polar surface area (TPSA) is 16.1 Å². The lowest BCUT2D eigenvalue weighted by molar-refractivity contribution is 0.448.